The Morgan fingerprint density at radius 2 is 1.65 bits per heavy atom. The summed E-state index contributed by atoms with van der Waals surface area (Å²) in [5.41, 5.74) is 3.66. The van der Waals surface area contributed by atoms with Crippen LogP contribution in [0.3, 0.4) is 0 Å². The maximum atomic E-state index is 6.20. The summed E-state index contributed by atoms with van der Waals surface area (Å²) in [6.45, 7) is 8.06. The van der Waals surface area contributed by atoms with Gasteiger partial charge in [0, 0.05) is 6.54 Å². The van der Waals surface area contributed by atoms with Gasteiger partial charge in [0.05, 0.1) is 0 Å². The van der Waals surface area contributed by atoms with Gasteiger partial charge < -0.3 is 10.1 Å². The van der Waals surface area contributed by atoms with Gasteiger partial charge in [0.2, 0.25) is 0 Å². The molecule has 0 saturated carbocycles. The highest BCUT2D eigenvalue weighted by Crippen LogP contribution is 2.23. The first-order chi connectivity index (χ1) is 9.69. The highest BCUT2D eigenvalue weighted by molar-refractivity contribution is 5.34. The van der Waals surface area contributed by atoms with Crippen LogP contribution in [0.25, 0.3) is 0 Å². The molecule has 1 atom stereocenters. The van der Waals surface area contributed by atoms with E-state index in [1.807, 2.05) is 6.07 Å². The van der Waals surface area contributed by atoms with Crippen LogP contribution in [-0.4, -0.2) is 13.1 Å². The SMILES string of the molecule is CCNCC(Oc1cc(C)cc(C)c1)c1ccccc1. The molecular weight excluding hydrogens is 246 g/mol. The van der Waals surface area contributed by atoms with Crippen LogP contribution in [0.15, 0.2) is 48.5 Å². The molecule has 0 saturated heterocycles. The molecule has 106 valence electrons. The Morgan fingerprint density at radius 1 is 1.00 bits per heavy atom. The van der Waals surface area contributed by atoms with Gasteiger partial charge in [-0.1, -0.05) is 43.3 Å². The third-order valence-corrected chi connectivity index (χ3v) is 3.22. The predicted molar refractivity (Wildman–Crippen MR) is 84.3 cm³/mol. The molecule has 2 rings (SSSR count). The number of hydrogen-bond donors (Lipinski definition) is 1. The van der Waals surface area contributed by atoms with Crippen molar-refractivity contribution in [2.75, 3.05) is 13.1 Å². The second-order valence-corrected chi connectivity index (χ2v) is 5.15. The van der Waals surface area contributed by atoms with E-state index in [4.69, 9.17) is 4.74 Å². The van der Waals surface area contributed by atoms with Crippen LogP contribution >= 0.6 is 0 Å². The van der Waals surface area contributed by atoms with E-state index in [2.05, 4.69) is 68.6 Å². The third kappa shape index (κ3) is 4.10. The number of hydrogen-bond acceptors (Lipinski definition) is 2. The van der Waals surface area contributed by atoms with Gasteiger partial charge in [0.1, 0.15) is 11.9 Å². The molecule has 2 heteroatoms. The summed E-state index contributed by atoms with van der Waals surface area (Å²) in [6.07, 6.45) is 0.0392. The van der Waals surface area contributed by atoms with Gasteiger partial charge in [-0.05, 0) is 49.2 Å². The van der Waals surface area contributed by atoms with Crippen molar-refractivity contribution in [2.24, 2.45) is 0 Å². The summed E-state index contributed by atoms with van der Waals surface area (Å²) in [6, 6.07) is 16.7. The van der Waals surface area contributed by atoms with Crippen LogP contribution < -0.4 is 10.1 Å². The highest BCUT2D eigenvalue weighted by atomic mass is 16.5. The molecule has 0 amide bonds. The Hall–Kier alpha value is -1.80. The lowest BCUT2D eigenvalue weighted by atomic mass is 10.1. The molecule has 0 aliphatic carbocycles. The minimum absolute atomic E-state index is 0.0392. The highest BCUT2D eigenvalue weighted by Gasteiger charge is 2.12. The van der Waals surface area contributed by atoms with E-state index in [1.165, 1.54) is 16.7 Å². The smallest absolute Gasteiger partial charge is 0.136 e. The quantitative estimate of drug-likeness (QED) is 0.854. The summed E-state index contributed by atoms with van der Waals surface area (Å²) >= 11 is 0. The van der Waals surface area contributed by atoms with Crippen LogP contribution in [0, 0.1) is 13.8 Å². The van der Waals surface area contributed by atoms with Crippen molar-refractivity contribution in [3.05, 3.63) is 65.2 Å². The second kappa shape index (κ2) is 7.11. The molecule has 20 heavy (non-hydrogen) atoms. The maximum absolute atomic E-state index is 6.20. The van der Waals surface area contributed by atoms with Crippen LogP contribution in [-0.2, 0) is 0 Å². The van der Waals surface area contributed by atoms with Gasteiger partial charge in [0.25, 0.3) is 0 Å². The molecule has 0 aliphatic rings. The molecule has 0 aliphatic heterocycles. The van der Waals surface area contributed by atoms with Gasteiger partial charge in [-0.25, -0.2) is 0 Å². The van der Waals surface area contributed by atoms with E-state index in [9.17, 15) is 0 Å². The first-order valence-electron chi connectivity index (χ1n) is 7.19. The molecule has 1 unspecified atom stereocenters. The van der Waals surface area contributed by atoms with E-state index in [1.54, 1.807) is 0 Å². The Kier molecular flexibility index (Phi) is 5.19. The van der Waals surface area contributed by atoms with E-state index >= 15 is 0 Å². The topological polar surface area (TPSA) is 21.3 Å². The summed E-state index contributed by atoms with van der Waals surface area (Å²) in [4.78, 5) is 0. The van der Waals surface area contributed by atoms with Gasteiger partial charge >= 0.3 is 0 Å². The minimum Gasteiger partial charge on any atom is -0.484 e. The van der Waals surface area contributed by atoms with Crippen molar-refractivity contribution in [1.82, 2.24) is 5.32 Å². The van der Waals surface area contributed by atoms with Crippen molar-refractivity contribution in [3.63, 3.8) is 0 Å². The lowest BCUT2D eigenvalue weighted by Crippen LogP contribution is -2.24. The summed E-state index contributed by atoms with van der Waals surface area (Å²) < 4.78 is 6.20. The first kappa shape index (κ1) is 14.6. The second-order valence-electron chi connectivity index (χ2n) is 5.15. The zero-order valence-corrected chi connectivity index (χ0v) is 12.5. The molecule has 0 radical (unpaired) electrons. The van der Waals surface area contributed by atoms with Crippen molar-refractivity contribution in [2.45, 2.75) is 26.9 Å². The third-order valence-electron chi connectivity index (χ3n) is 3.22. The molecule has 0 fully saturated rings. The minimum atomic E-state index is 0.0392. The van der Waals surface area contributed by atoms with Gasteiger partial charge in [-0.3, -0.25) is 0 Å². The molecule has 0 heterocycles. The molecular formula is C18H23NO. The van der Waals surface area contributed by atoms with Gasteiger partial charge in [0.15, 0.2) is 0 Å². The molecule has 2 aromatic carbocycles. The summed E-state index contributed by atoms with van der Waals surface area (Å²) in [5.74, 6) is 0.939. The number of rotatable bonds is 6. The average molecular weight is 269 g/mol. The van der Waals surface area contributed by atoms with Gasteiger partial charge in [-0.15, -0.1) is 0 Å². The molecule has 0 bridgehead atoms. The van der Waals surface area contributed by atoms with Gasteiger partial charge in [-0.2, -0.15) is 0 Å². The molecule has 2 nitrogen and oxygen atoms in total. The molecule has 0 aromatic heterocycles. The Morgan fingerprint density at radius 3 is 2.25 bits per heavy atom. The zero-order chi connectivity index (χ0) is 14.4. The number of aryl methyl sites for hydroxylation is 2. The molecule has 0 spiro atoms. The van der Waals surface area contributed by atoms with E-state index in [0.29, 0.717) is 0 Å². The summed E-state index contributed by atoms with van der Waals surface area (Å²) in [7, 11) is 0. The van der Waals surface area contributed by atoms with E-state index in [-0.39, 0.29) is 6.10 Å². The number of nitrogens with one attached hydrogen (secondary N) is 1. The average Bonchev–Trinajstić information content (AvgIpc) is 2.43. The van der Waals surface area contributed by atoms with Crippen molar-refractivity contribution >= 4 is 0 Å². The van der Waals surface area contributed by atoms with E-state index in [0.717, 1.165) is 18.8 Å². The standard InChI is InChI=1S/C18H23NO/c1-4-19-13-18(16-8-6-5-7-9-16)20-17-11-14(2)10-15(3)12-17/h5-12,18-19H,4,13H2,1-3H3. The number of ether oxygens (including phenoxy) is 1. The maximum Gasteiger partial charge on any atom is 0.136 e. The fourth-order valence-electron chi connectivity index (χ4n) is 2.34. The lowest BCUT2D eigenvalue weighted by Gasteiger charge is -2.20. The zero-order valence-electron chi connectivity index (χ0n) is 12.5. The van der Waals surface area contributed by atoms with Crippen LogP contribution in [0.1, 0.15) is 29.7 Å². The summed E-state index contributed by atoms with van der Waals surface area (Å²) in [5, 5.41) is 3.37. The number of likely N-dealkylation sites (N-methyl/N-ethyl adjacent to an activating group) is 1. The fraction of sp³-hybridized carbons (Fsp3) is 0.333. The van der Waals surface area contributed by atoms with Crippen molar-refractivity contribution in [1.29, 1.82) is 0 Å². The van der Waals surface area contributed by atoms with Crippen molar-refractivity contribution in [3.8, 4) is 5.75 Å². The number of benzene rings is 2. The lowest BCUT2D eigenvalue weighted by molar-refractivity contribution is 0.202. The Bertz CT molecular complexity index is 516. The van der Waals surface area contributed by atoms with Crippen molar-refractivity contribution < 1.29 is 4.74 Å². The molecule has 1 N–H and O–H groups in total. The Labute approximate surface area is 121 Å². The Balaban J connectivity index is 2.19. The fourth-order valence-corrected chi connectivity index (χ4v) is 2.34. The monoisotopic (exact) mass is 269 g/mol. The largest absolute Gasteiger partial charge is 0.484 e. The van der Waals surface area contributed by atoms with Crippen LogP contribution in [0.5, 0.6) is 5.75 Å². The molecule has 2 aromatic rings. The van der Waals surface area contributed by atoms with Crippen LogP contribution in [0.2, 0.25) is 0 Å². The first-order valence-corrected chi connectivity index (χ1v) is 7.19. The van der Waals surface area contributed by atoms with Crippen LogP contribution in [0.4, 0.5) is 0 Å². The van der Waals surface area contributed by atoms with E-state index < -0.39 is 0 Å². The predicted octanol–water partition coefficient (Wildman–Crippen LogP) is 4.03. The normalized spacial score (nSPS) is 12.2.